The highest BCUT2D eigenvalue weighted by molar-refractivity contribution is 5.95. The van der Waals surface area contributed by atoms with Crippen LogP contribution in [0.25, 0.3) is 5.69 Å². The first-order valence-corrected chi connectivity index (χ1v) is 13.9. The number of piperidine rings is 1. The van der Waals surface area contributed by atoms with E-state index in [2.05, 4.69) is 52.4 Å². The van der Waals surface area contributed by atoms with Gasteiger partial charge < -0.3 is 4.90 Å². The lowest BCUT2D eigenvalue weighted by molar-refractivity contribution is 0.0788. The summed E-state index contributed by atoms with van der Waals surface area (Å²) in [6, 6.07) is 19.0. The number of likely N-dealkylation sites (tertiary alicyclic amines) is 2. The first-order valence-electron chi connectivity index (χ1n) is 13.9. The number of aryl methyl sites for hydroxylation is 2. The Morgan fingerprint density at radius 3 is 2.38 bits per heavy atom. The third-order valence-electron chi connectivity index (χ3n) is 8.38. The number of rotatable bonds is 6. The van der Waals surface area contributed by atoms with Gasteiger partial charge in [-0.25, -0.2) is 9.07 Å². The number of hydrogen-bond donors (Lipinski definition) is 0. The van der Waals surface area contributed by atoms with Crippen LogP contribution < -0.4 is 0 Å². The van der Waals surface area contributed by atoms with Crippen molar-refractivity contribution in [1.29, 1.82) is 0 Å². The van der Waals surface area contributed by atoms with Gasteiger partial charge in [0.2, 0.25) is 0 Å². The Morgan fingerprint density at radius 1 is 0.974 bits per heavy atom. The standard InChI is InChI=1S/C31H35FN6O/c1-22-18-27(34-35(22)2)21-36-15-12-24(13-16-36)30-29(19-33-38(30)28-10-8-26(32)9-11-28)31(39)37-17-14-25(20-37)23-6-4-3-5-7-23/h3-11,18-19,24-25H,12-17,20-21H2,1-2H3. The number of aromatic nitrogens is 4. The zero-order valence-electron chi connectivity index (χ0n) is 22.6. The quantitative estimate of drug-likeness (QED) is 0.352. The van der Waals surface area contributed by atoms with E-state index in [0.29, 0.717) is 18.0 Å². The van der Waals surface area contributed by atoms with Crippen molar-refractivity contribution in [3.8, 4) is 5.69 Å². The lowest BCUT2D eigenvalue weighted by atomic mass is 9.90. The van der Waals surface area contributed by atoms with Gasteiger partial charge in [-0.3, -0.25) is 14.4 Å². The molecule has 1 unspecified atom stereocenters. The number of nitrogens with zero attached hydrogens (tertiary/aromatic N) is 6. The number of carbonyl (C=O) groups excluding carboxylic acids is 1. The Kier molecular flexibility index (Phi) is 7.04. The molecular weight excluding hydrogens is 491 g/mol. The van der Waals surface area contributed by atoms with Gasteiger partial charge in [0.15, 0.2) is 0 Å². The zero-order valence-corrected chi connectivity index (χ0v) is 22.6. The summed E-state index contributed by atoms with van der Waals surface area (Å²) in [4.78, 5) is 18.3. The van der Waals surface area contributed by atoms with E-state index in [1.165, 1.54) is 17.7 Å². The van der Waals surface area contributed by atoms with Crippen molar-refractivity contribution >= 4 is 5.91 Å². The van der Waals surface area contributed by atoms with Crippen molar-refractivity contribution in [2.75, 3.05) is 26.2 Å². The Balaban J connectivity index is 1.24. The molecule has 0 bridgehead atoms. The monoisotopic (exact) mass is 526 g/mol. The van der Waals surface area contributed by atoms with Crippen LogP contribution >= 0.6 is 0 Å². The van der Waals surface area contributed by atoms with E-state index < -0.39 is 0 Å². The molecule has 0 N–H and O–H groups in total. The van der Waals surface area contributed by atoms with Crippen LogP contribution in [0.4, 0.5) is 4.39 Å². The maximum absolute atomic E-state index is 13.9. The molecule has 39 heavy (non-hydrogen) atoms. The maximum Gasteiger partial charge on any atom is 0.257 e. The molecule has 2 aliphatic rings. The molecule has 2 aromatic heterocycles. The van der Waals surface area contributed by atoms with Gasteiger partial charge in [-0.15, -0.1) is 0 Å². The molecule has 2 aliphatic heterocycles. The molecule has 1 atom stereocenters. The largest absolute Gasteiger partial charge is 0.338 e. The topological polar surface area (TPSA) is 59.2 Å². The number of halogens is 1. The Labute approximate surface area is 228 Å². The minimum Gasteiger partial charge on any atom is -0.338 e. The van der Waals surface area contributed by atoms with Crippen molar-refractivity contribution in [2.45, 2.75) is 44.6 Å². The van der Waals surface area contributed by atoms with Crippen LogP contribution in [0.2, 0.25) is 0 Å². The highest BCUT2D eigenvalue weighted by atomic mass is 19.1. The van der Waals surface area contributed by atoms with Crippen molar-refractivity contribution in [3.05, 3.63) is 101 Å². The summed E-state index contributed by atoms with van der Waals surface area (Å²) in [7, 11) is 1.97. The van der Waals surface area contributed by atoms with Gasteiger partial charge in [0, 0.05) is 44.2 Å². The molecule has 6 rings (SSSR count). The summed E-state index contributed by atoms with van der Waals surface area (Å²) in [5, 5.41) is 9.30. The van der Waals surface area contributed by atoms with Crippen LogP contribution in [0, 0.1) is 12.7 Å². The third kappa shape index (κ3) is 5.26. The van der Waals surface area contributed by atoms with E-state index in [0.717, 1.165) is 68.2 Å². The summed E-state index contributed by atoms with van der Waals surface area (Å²) in [6.07, 6.45) is 4.53. The Bertz CT molecular complexity index is 1420. The van der Waals surface area contributed by atoms with E-state index >= 15 is 0 Å². The highest BCUT2D eigenvalue weighted by Crippen LogP contribution is 2.35. The third-order valence-corrected chi connectivity index (χ3v) is 8.38. The van der Waals surface area contributed by atoms with Crippen LogP contribution in [0.3, 0.4) is 0 Å². The predicted octanol–water partition coefficient (Wildman–Crippen LogP) is 5.06. The van der Waals surface area contributed by atoms with E-state index in [-0.39, 0.29) is 17.6 Å². The van der Waals surface area contributed by atoms with Crippen LogP contribution in [0.5, 0.6) is 0 Å². The number of hydrogen-bond acceptors (Lipinski definition) is 4. The summed E-state index contributed by atoms with van der Waals surface area (Å²) in [6.45, 7) is 6.18. The molecule has 8 heteroatoms. The summed E-state index contributed by atoms with van der Waals surface area (Å²) in [5.41, 5.74) is 5.92. The molecule has 0 aliphatic carbocycles. The first kappa shape index (κ1) is 25.5. The van der Waals surface area contributed by atoms with Crippen molar-refractivity contribution in [2.24, 2.45) is 7.05 Å². The molecule has 7 nitrogen and oxygen atoms in total. The van der Waals surface area contributed by atoms with Gasteiger partial charge in [-0.05, 0) is 75.2 Å². The van der Waals surface area contributed by atoms with Crippen molar-refractivity contribution < 1.29 is 9.18 Å². The fraction of sp³-hybridized carbons (Fsp3) is 0.387. The van der Waals surface area contributed by atoms with Crippen LogP contribution in [0.1, 0.15) is 64.1 Å². The van der Waals surface area contributed by atoms with E-state index in [1.807, 2.05) is 27.4 Å². The second-order valence-electron chi connectivity index (χ2n) is 10.9. The number of carbonyl (C=O) groups is 1. The van der Waals surface area contributed by atoms with Gasteiger partial charge >= 0.3 is 0 Å². The predicted molar refractivity (Wildman–Crippen MR) is 148 cm³/mol. The molecule has 4 aromatic rings. The summed E-state index contributed by atoms with van der Waals surface area (Å²) >= 11 is 0. The molecule has 2 aromatic carbocycles. The Hall–Kier alpha value is -3.78. The van der Waals surface area contributed by atoms with Crippen LogP contribution in [-0.4, -0.2) is 61.4 Å². The van der Waals surface area contributed by atoms with Crippen LogP contribution in [-0.2, 0) is 13.6 Å². The fourth-order valence-corrected chi connectivity index (χ4v) is 6.12. The number of benzene rings is 2. The van der Waals surface area contributed by atoms with Crippen molar-refractivity contribution in [1.82, 2.24) is 29.4 Å². The maximum atomic E-state index is 13.9. The molecular formula is C31H35FN6O. The molecule has 202 valence electrons. The van der Waals surface area contributed by atoms with E-state index in [9.17, 15) is 9.18 Å². The smallest absolute Gasteiger partial charge is 0.257 e. The normalized spacial score (nSPS) is 18.6. The lowest BCUT2D eigenvalue weighted by Crippen LogP contribution is -2.34. The fourth-order valence-electron chi connectivity index (χ4n) is 6.12. The first-order chi connectivity index (χ1) is 19.0. The van der Waals surface area contributed by atoms with Gasteiger partial charge in [-0.2, -0.15) is 10.2 Å². The molecule has 0 spiro atoms. The SMILES string of the molecule is Cc1cc(CN2CCC(c3c(C(=O)N4CCC(c5ccccc5)C4)cnn3-c3ccc(F)cc3)CC2)nn1C. The summed E-state index contributed by atoms with van der Waals surface area (Å²) in [5.74, 6) is 0.295. The zero-order chi connectivity index (χ0) is 26.9. The average molecular weight is 527 g/mol. The molecule has 1 amide bonds. The number of amides is 1. The van der Waals surface area contributed by atoms with Gasteiger partial charge in [0.05, 0.1) is 28.8 Å². The van der Waals surface area contributed by atoms with Crippen LogP contribution in [0.15, 0.2) is 66.9 Å². The minimum atomic E-state index is -0.286. The molecule has 2 saturated heterocycles. The van der Waals surface area contributed by atoms with Gasteiger partial charge in [-0.1, -0.05) is 30.3 Å². The van der Waals surface area contributed by atoms with E-state index in [1.54, 1.807) is 18.3 Å². The molecule has 4 heterocycles. The van der Waals surface area contributed by atoms with Gasteiger partial charge in [0.1, 0.15) is 5.82 Å². The van der Waals surface area contributed by atoms with Crippen molar-refractivity contribution in [3.63, 3.8) is 0 Å². The molecule has 2 fully saturated rings. The highest BCUT2D eigenvalue weighted by Gasteiger charge is 2.34. The lowest BCUT2D eigenvalue weighted by Gasteiger charge is -2.32. The van der Waals surface area contributed by atoms with E-state index in [4.69, 9.17) is 0 Å². The Morgan fingerprint density at radius 2 is 1.69 bits per heavy atom. The van der Waals surface area contributed by atoms with Gasteiger partial charge in [0.25, 0.3) is 5.91 Å². The second-order valence-corrected chi connectivity index (χ2v) is 10.9. The summed E-state index contributed by atoms with van der Waals surface area (Å²) < 4.78 is 17.5. The average Bonchev–Trinajstić information content (AvgIpc) is 3.69. The molecule has 0 radical (unpaired) electrons. The minimum absolute atomic E-state index is 0.0446. The molecule has 0 saturated carbocycles. The second kappa shape index (κ2) is 10.8.